The van der Waals surface area contributed by atoms with Crippen molar-refractivity contribution in [1.82, 2.24) is 4.90 Å². The molecule has 2 nitrogen and oxygen atoms in total. The Morgan fingerprint density at radius 1 is 1.19 bits per heavy atom. The van der Waals surface area contributed by atoms with Crippen LogP contribution in [0.4, 0.5) is 0 Å². The Morgan fingerprint density at radius 3 is 2.52 bits per heavy atom. The molecule has 2 atom stereocenters. The number of carbonyl (C=O) groups is 1. The number of nitrogens with zero attached hydrogens (tertiary/aromatic N) is 1. The average molecular weight is 301 g/mol. The van der Waals surface area contributed by atoms with Crippen molar-refractivity contribution in [3.63, 3.8) is 0 Å². The van der Waals surface area contributed by atoms with Crippen molar-refractivity contribution in [2.45, 2.75) is 39.8 Å². The number of benzene rings is 1. The number of hydrogen-bond donors (Lipinski definition) is 0. The second-order valence-electron chi connectivity index (χ2n) is 5.72. The standard InChI is InChI=1S/C18H23NOS/c1-12-8-9-13(2)16(11-12)18(20)15(4)19(5)14(3)17-7-6-10-21-17/h6-11,14-15H,1-5H3. The fourth-order valence-electron chi connectivity index (χ4n) is 2.48. The fraction of sp³-hybridized carbons (Fsp3) is 0.389. The van der Waals surface area contributed by atoms with Crippen molar-refractivity contribution in [2.24, 2.45) is 0 Å². The smallest absolute Gasteiger partial charge is 0.179 e. The number of thiophene rings is 1. The molecule has 0 spiro atoms. The van der Waals surface area contributed by atoms with Crippen molar-refractivity contribution in [2.75, 3.05) is 7.05 Å². The Morgan fingerprint density at radius 2 is 1.90 bits per heavy atom. The van der Waals surface area contributed by atoms with E-state index in [9.17, 15) is 4.79 Å². The summed E-state index contributed by atoms with van der Waals surface area (Å²) in [5, 5.41) is 2.08. The summed E-state index contributed by atoms with van der Waals surface area (Å²) in [7, 11) is 2.03. The van der Waals surface area contributed by atoms with E-state index in [-0.39, 0.29) is 17.9 Å². The summed E-state index contributed by atoms with van der Waals surface area (Å²) in [5.74, 6) is 0.196. The van der Waals surface area contributed by atoms with Crippen LogP contribution in [0.2, 0.25) is 0 Å². The predicted molar refractivity (Wildman–Crippen MR) is 90.2 cm³/mol. The minimum atomic E-state index is -0.136. The van der Waals surface area contributed by atoms with Gasteiger partial charge in [0.05, 0.1) is 6.04 Å². The minimum absolute atomic E-state index is 0.136. The summed E-state index contributed by atoms with van der Waals surface area (Å²) in [5.41, 5.74) is 3.02. The third-order valence-corrected chi connectivity index (χ3v) is 5.26. The molecule has 0 saturated carbocycles. The van der Waals surface area contributed by atoms with Crippen LogP contribution in [-0.4, -0.2) is 23.8 Å². The summed E-state index contributed by atoms with van der Waals surface area (Å²) in [4.78, 5) is 16.2. The Hall–Kier alpha value is -1.45. The van der Waals surface area contributed by atoms with E-state index in [1.807, 2.05) is 40.0 Å². The molecule has 21 heavy (non-hydrogen) atoms. The average Bonchev–Trinajstić information content (AvgIpc) is 3.01. The molecule has 0 amide bonds. The van der Waals surface area contributed by atoms with Gasteiger partial charge in [0.25, 0.3) is 0 Å². The third-order valence-electron chi connectivity index (χ3n) is 4.21. The van der Waals surface area contributed by atoms with Crippen molar-refractivity contribution >= 4 is 17.1 Å². The lowest BCUT2D eigenvalue weighted by Crippen LogP contribution is -2.37. The molecule has 3 heteroatoms. The van der Waals surface area contributed by atoms with Crippen molar-refractivity contribution in [1.29, 1.82) is 0 Å². The van der Waals surface area contributed by atoms with Gasteiger partial charge in [-0.2, -0.15) is 0 Å². The minimum Gasteiger partial charge on any atom is -0.292 e. The Labute approximate surface area is 131 Å². The van der Waals surface area contributed by atoms with Crippen molar-refractivity contribution in [3.8, 4) is 0 Å². The van der Waals surface area contributed by atoms with Crippen LogP contribution >= 0.6 is 11.3 Å². The maximum absolute atomic E-state index is 12.8. The maximum Gasteiger partial charge on any atom is 0.179 e. The topological polar surface area (TPSA) is 20.3 Å². The van der Waals surface area contributed by atoms with E-state index in [0.717, 1.165) is 16.7 Å². The van der Waals surface area contributed by atoms with Gasteiger partial charge in [0.2, 0.25) is 0 Å². The normalized spacial score (nSPS) is 14.2. The molecule has 2 aromatic rings. The molecule has 0 bridgehead atoms. The van der Waals surface area contributed by atoms with Gasteiger partial charge in [-0.15, -0.1) is 11.3 Å². The zero-order chi connectivity index (χ0) is 15.6. The Bertz CT molecular complexity index is 618. The number of Topliss-reactive ketones (excluding diaryl/α,β-unsaturated/α-hetero) is 1. The molecule has 2 unspecified atom stereocenters. The first-order chi connectivity index (χ1) is 9.91. The van der Waals surface area contributed by atoms with E-state index in [0.29, 0.717) is 0 Å². The van der Waals surface area contributed by atoms with Crippen LogP contribution in [0.25, 0.3) is 0 Å². The van der Waals surface area contributed by atoms with Gasteiger partial charge in [0.1, 0.15) is 0 Å². The van der Waals surface area contributed by atoms with Crippen LogP contribution in [0.5, 0.6) is 0 Å². The van der Waals surface area contributed by atoms with Gasteiger partial charge in [-0.25, -0.2) is 0 Å². The number of carbonyl (C=O) groups excluding carboxylic acids is 1. The molecule has 0 aliphatic heterocycles. The van der Waals surface area contributed by atoms with Gasteiger partial charge in [0, 0.05) is 16.5 Å². The van der Waals surface area contributed by atoms with Crippen LogP contribution in [0.3, 0.4) is 0 Å². The molecular formula is C18H23NOS. The monoisotopic (exact) mass is 301 g/mol. The third kappa shape index (κ3) is 3.42. The fourth-order valence-corrected chi connectivity index (χ4v) is 3.31. The summed E-state index contributed by atoms with van der Waals surface area (Å²) in [6.07, 6.45) is 0. The molecule has 0 saturated heterocycles. The highest BCUT2D eigenvalue weighted by Crippen LogP contribution is 2.26. The second kappa shape index (κ2) is 6.54. The highest BCUT2D eigenvalue weighted by Gasteiger charge is 2.25. The lowest BCUT2D eigenvalue weighted by molar-refractivity contribution is 0.0827. The number of ketones is 1. The molecule has 1 aromatic heterocycles. The molecule has 0 fully saturated rings. The maximum atomic E-state index is 12.8. The van der Waals surface area contributed by atoms with Crippen LogP contribution in [0, 0.1) is 13.8 Å². The van der Waals surface area contributed by atoms with Crippen molar-refractivity contribution < 1.29 is 4.79 Å². The summed E-state index contributed by atoms with van der Waals surface area (Å²) < 4.78 is 0. The SMILES string of the molecule is Cc1ccc(C)c(C(=O)C(C)N(C)C(C)c2cccs2)c1. The Kier molecular flexibility index (Phi) is 4.96. The summed E-state index contributed by atoms with van der Waals surface area (Å²) in [6, 6.07) is 10.4. The molecule has 2 rings (SSSR count). The van der Waals surface area contributed by atoms with E-state index >= 15 is 0 Å². The second-order valence-corrected chi connectivity index (χ2v) is 6.69. The first-order valence-corrected chi connectivity index (χ1v) is 8.16. The van der Waals surface area contributed by atoms with E-state index in [4.69, 9.17) is 0 Å². The first kappa shape index (κ1) is 15.9. The van der Waals surface area contributed by atoms with Crippen LogP contribution < -0.4 is 0 Å². The quantitative estimate of drug-likeness (QED) is 0.750. The molecular weight excluding hydrogens is 278 g/mol. The highest BCUT2D eigenvalue weighted by atomic mass is 32.1. The number of rotatable bonds is 5. The van der Waals surface area contributed by atoms with Gasteiger partial charge < -0.3 is 0 Å². The zero-order valence-corrected chi connectivity index (χ0v) is 14.2. The molecule has 0 aliphatic carbocycles. The van der Waals surface area contributed by atoms with Crippen LogP contribution in [0.15, 0.2) is 35.7 Å². The zero-order valence-electron chi connectivity index (χ0n) is 13.4. The first-order valence-electron chi connectivity index (χ1n) is 7.28. The Balaban J connectivity index is 2.20. The summed E-state index contributed by atoms with van der Waals surface area (Å²) >= 11 is 1.74. The van der Waals surface area contributed by atoms with Crippen molar-refractivity contribution in [3.05, 3.63) is 57.3 Å². The van der Waals surface area contributed by atoms with Crippen LogP contribution in [-0.2, 0) is 0 Å². The van der Waals surface area contributed by atoms with Crippen LogP contribution in [0.1, 0.15) is 46.3 Å². The van der Waals surface area contributed by atoms with E-state index < -0.39 is 0 Å². The van der Waals surface area contributed by atoms with Gasteiger partial charge >= 0.3 is 0 Å². The largest absolute Gasteiger partial charge is 0.292 e. The van der Waals surface area contributed by atoms with Gasteiger partial charge in [-0.05, 0) is 57.8 Å². The molecule has 0 aliphatic rings. The molecule has 112 valence electrons. The summed E-state index contributed by atoms with van der Waals surface area (Å²) in [6.45, 7) is 8.17. The van der Waals surface area contributed by atoms with E-state index in [1.54, 1.807) is 11.3 Å². The van der Waals surface area contributed by atoms with E-state index in [1.165, 1.54) is 4.88 Å². The van der Waals surface area contributed by atoms with Gasteiger partial charge in [-0.1, -0.05) is 23.8 Å². The molecule has 1 heterocycles. The van der Waals surface area contributed by atoms with Gasteiger partial charge in [0.15, 0.2) is 5.78 Å². The van der Waals surface area contributed by atoms with Gasteiger partial charge in [-0.3, -0.25) is 9.69 Å². The molecule has 0 N–H and O–H groups in total. The lowest BCUT2D eigenvalue weighted by atomic mass is 9.97. The number of aryl methyl sites for hydroxylation is 2. The number of hydrogen-bond acceptors (Lipinski definition) is 3. The van der Waals surface area contributed by atoms with E-state index in [2.05, 4.69) is 35.4 Å². The lowest BCUT2D eigenvalue weighted by Gasteiger charge is -2.29. The highest BCUT2D eigenvalue weighted by molar-refractivity contribution is 7.10. The molecule has 1 aromatic carbocycles. The molecule has 0 radical (unpaired) electrons. The number of likely N-dealkylation sites (N-methyl/N-ethyl adjacent to an activating group) is 1. The predicted octanol–water partition coefficient (Wildman–Crippen LogP) is 4.63.